The molecule has 4 nitrogen and oxygen atoms in total. The molecule has 0 radical (unpaired) electrons. The standard InChI is InChI=1S/C18H19NO3/c1-12(10-20)19-18(21)22-11-17-15-8-4-2-6-13(15)14-7-3-5-9-16(14)17/h2-9,12,17,20H,10-11H2,1H3,(H,19,21)/t12-/m1/s1. The lowest BCUT2D eigenvalue weighted by atomic mass is 9.98. The van der Waals surface area contributed by atoms with Crippen LogP contribution < -0.4 is 5.32 Å². The van der Waals surface area contributed by atoms with Gasteiger partial charge in [0.05, 0.1) is 12.6 Å². The van der Waals surface area contributed by atoms with Gasteiger partial charge in [-0.25, -0.2) is 4.79 Å². The lowest BCUT2D eigenvalue weighted by molar-refractivity contribution is 0.134. The van der Waals surface area contributed by atoms with Crippen molar-refractivity contribution in [1.82, 2.24) is 5.32 Å². The summed E-state index contributed by atoms with van der Waals surface area (Å²) in [6.07, 6.45) is -0.497. The number of nitrogens with one attached hydrogen (secondary N) is 1. The second-order valence-corrected chi connectivity index (χ2v) is 5.55. The topological polar surface area (TPSA) is 58.6 Å². The maximum atomic E-state index is 11.7. The predicted octanol–water partition coefficient (Wildman–Crippen LogP) is 2.91. The molecule has 0 saturated carbocycles. The first-order chi connectivity index (χ1) is 10.7. The molecule has 22 heavy (non-hydrogen) atoms. The summed E-state index contributed by atoms with van der Waals surface area (Å²) in [6, 6.07) is 16.1. The summed E-state index contributed by atoms with van der Waals surface area (Å²) in [6.45, 7) is 1.91. The zero-order chi connectivity index (χ0) is 15.5. The summed E-state index contributed by atoms with van der Waals surface area (Å²) in [4.78, 5) is 11.7. The van der Waals surface area contributed by atoms with Crippen LogP contribution in [0.5, 0.6) is 0 Å². The van der Waals surface area contributed by atoms with E-state index in [0.29, 0.717) is 0 Å². The third-order valence-corrected chi connectivity index (χ3v) is 3.98. The van der Waals surface area contributed by atoms with Gasteiger partial charge in [-0.2, -0.15) is 0 Å². The maximum absolute atomic E-state index is 11.7. The highest BCUT2D eigenvalue weighted by molar-refractivity contribution is 5.79. The van der Waals surface area contributed by atoms with E-state index < -0.39 is 6.09 Å². The Bertz CT molecular complexity index is 638. The third-order valence-electron chi connectivity index (χ3n) is 3.98. The minimum absolute atomic E-state index is 0.0579. The summed E-state index contributed by atoms with van der Waals surface area (Å²) < 4.78 is 5.35. The quantitative estimate of drug-likeness (QED) is 0.912. The van der Waals surface area contributed by atoms with Crippen molar-refractivity contribution in [3.63, 3.8) is 0 Å². The molecule has 1 aliphatic carbocycles. The van der Waals surface area contributed by atoms with Crippen molar-refractivity contribution in [2.45, 2.75) is 18.9 Å². The SMILES string of the molecule is C[C@H](CO)NC(=O)OCC1c2ccccc2-c2ccccc21. The van der Waals surface area contributed by atoms with E-state index in [1.807, 2.05) is 24.3 Å². The van der Waals surface area contributed by atoms with Crippen LogP contribution in [0.4, 0.5) is 4.79 Å². The summed E-state index contributed by atoms with van der Waals surface area (Å²) in [5.74, 6) is 0.0579. The number of ether oxygens (including phenoxy) is 1. The molecule has 0 unspecified atom stereocenters. The molecule has 0 saturated heterocycles. The van der Waals surface area contributed by atoms with Gasteiger partial charge in [0.1, 0.15) is 6.61 Å². The lowest BCUT2D eigenvalue weighted by Crippen LogP contribution is -2.36. The fraction of sp³-hybridized carbons (Fsp3) is 0.278. The molecule has 1 atom stereocenters. The predicted molar refractivity (Wildman–Crippen MR) is 84.8 cm³/mol. The molecule has 0 bridgehead atoms. The summed E-state index contributed by atoms with van der Waals surface area (Å²) in [5.41, 5.74) is 4.78. The second-order valence-electron chi connectivity index (χ2n) is 5.55. The van der Waals surface area contributed by atoms with E-state index in [9.17, 15) is 4.79 Å². The Labute approximate surface area is 129 Å². The number of hydrogen-bond donors (Lipinski definition) is 2. The van der Waals surface area contributed by atoms with Gasteiger partial charge in [0.25, 0.3) is 0 Å². The Balaban J connectivity index is 1.78. The minimum atomic E-state index is -0.497. The molecule has 4 heteroatoms. The molecule has 114 valence electrons. The first-order valence-electron chi connectivity index (χ1n) is 7.43. The fourth-order valence-electron chi connectivity index (χ4n) is 2.89. The number of aliphatic hydroxyl groups excluding tert-OH is 1. The van der Waals surface area contributed by atoms with Crippen molar-refractivity contribution in [3.05, 3.63) is 59.7 Å². The number of rotatable bonds is 4. The zero-order valence-electron chi connectivity index (χ0n) is 12.5. The number of alkyl carbamates (subject to hydrolysis) is 1. The molecule has 3 rings (SSSR count). The lowest BCUT2D eigenvalue weighted by Gasteiger charge is -2.16. The third kappa shape index (κ3) is 2.70. The molecule has 0 fully saturated rings. The number of fused-ring (bicyclic) bond motifs is 3. The molecule has 2 aromatic carbocycles. The van der Waals surface area contributed by atoms with Crippen molar-refractivity contribution in [2.24, 2.45) is 0 Å². The first kappa shape index (κ1) is 14.6. The Kier molecular flexibility index (Phi) is 4.11. The fourth-order valence-corrected chi connectivity index (χ4v) is 2.89. The molecule has 1 aliphatic rings. The van der Waals surface area contributed by atoms with E-state index in [0.717, 1.165) is 0 Å². The Morgan fingerprint density at radius 1 is 1.14 bits per heavy atom. The van der Waals surface area contributed by atoms with E-state index in [4.69, 9.17) is 9.84 Å². The van der Waals surface area contributed by atoms with E-state index in [2.05, 4.69) is 29.6 Å². The van der Waals surface area contributed by atoms with Crippen LogP contribution in [0.25, 0.3) is 11.1 Å². The van der Waals surface area contributed by atoms with E-state index in [1.54, 1.807) is 6.92 Å². The minimum Gasteiger partial charge on any atom is -0.449 e. The molecule has 1 amide bonds. The van der Waals surface area contributed by atoms with Gasteiger partial charge in [-0.3, -0.25) is 0 Å². The van der Waals surface area contributed by atoms with Crippen LogP contribution in [0.1, 0.15) is 24.0 Å². The number of carbonyl (C=O) groups excluding carboxylic acids is 1. The van der Waals surface area contributed by atoms with Gasteiger partial charge in [0, 0.05) is 5.92 Å². The first-order valence-corrected chi connectivity index (χ1v) is 7.43. The van der Waals surface area contributed by atoms with Gasteiger partial charge in [0.2, 0.25) is 0 Å². The van der Waals surface area contributed by atoms with Gasteiger partial charge in [-0.1, -0.05) is 48.5 Å². The van der Waals surface area contributed by atoms with E-state index in [-0.39, 0.29) is 25.2 Å². The van der Waals surface area contributed by atoms with Crippen molar-refractivity contribution in [3.8, 4) is 11.1 Å². The van der Waals surface area contributed by atoms with Crippen LogP contribution in [-0.4, -0.2) is 30.5 Å². The number of amides is 1. The molecule has 0 heterocycles. The van der Waals surface area contributed by atoms with Crippen molar-refractivity contribution >= 4 is 6.09 Å². The maximum Gasteiger partial charge on any atom is 0.407 e. The Hall–Kier alpha value is -2.33. The molecule has 0 spiro atoms. The van der Waals surface area contributed by atoms with Crippen LogP contribution in [0.15, 0.2) is 48.5 Å². The summed E-state index contributed by atoms with van der Waals surface area (Å²) in [5, 5.41) is 11.5. The largest absolute Gasteiger partial charge is 0.449 e. The molecular weight excluding hydrogens is 278 g/mol. The van der Waals surface area contributed by atoms with E-state index in [1.165, 1.54) is 22.3 Å². The smallest absolute Gasteiger partial charge is 0.407 e. The average molecular weight is 297 g/mol. The van der Waals surface area contributed by atoms with Gasteiger partial charge < -0.3 is 15.2 Å². The molecular formula is C18H19NO3. The van der Waals surface area contributed by atoms with Crippen molar-refractivity contribution < 1.29 is 14.6 Å². The second kappa shape index (κ2) is 6.20. The van der Waals surface area contributed by atoms with Crippen LogP contribution in [0.2, 0.25) is 0 Å². The molecule has 0 aliphatic heterocycles. The number of benzene rings is 2. The normalized spacial score (nSPS) is 14.1. The number of aliphatic hydroxyl groups is 1. The highest BCUT2D eigenvalue weighted by atomic mass is 16.5. The summed E-state index contributed by atoms with van der Waals surface area (Å²) >= 11 is 0. The monoisotopic (exact) mass is 297 g/mol. The average Bonchev–Trinajstić information content (AvgIpc) is 2.87. The number of hydrogen-bond acceptors (Lipinski definition) is 3. The van der Waals surface area contributed by atoms with Gasteiger partial charge >= 0.3 is 6.09 Å². The van der Waals surface area contributed by atoms with Gasteiger partial charge in [0.15, 0.2) is 0 Å². The molecule has 2 aromatic rings. The van der Waals surface area contributed by atoms with Gasteiger partial charge in [-0.05, 0) is 29.2 Å². The zero-order valence-corrected chi connectivity index (χ0v) is 12.5. The highest BCUT2D eigenvalue weighted by Crippen LogP contribution is 2.44. The van der Waals surface area contributed by atoms with Crippen LogP contribution in [0.3, 0.4) is 0 Å². The highest BCUT2D eigenvalue weighted by Gasteiger charge is 2.28. The molecule has 0 aromatic heterocycles. The van der Waals surface area contributed by atoms with Gasteiger partial charge in [-0.15, -0.1) is 0 Å². The van der Waals surface area contributed by atoms with Crippen LogP contribution >= 0.6 is 0 Å². The Morgan fingerprint density at radius 2 is 1.68 bits per heavy atom. The van der Waals surface area contributed by atoms with E-state index >= 15 is 0 Å². The molecule has 2 N–H and O–H groups in total. The summed E-state index contributed by atoms with van der Waals surface area (Å²) in [7, 11) is 0. The van der Waals surface area contributed by atoms with Crippen molar-refractivity contribution in [1.29, 1.82) is 0 Å². The van der Waals surface area contributed by atoms with Crippen LogP contribution in [-0.2, 0) is 4.74 Å². The van der Waals surface area contributed by atoms with Crippen LogP contribution in [0, 0.1) is 0 Å². The van der Waals surface area contributed by atoms with Crippen molar-refractivity contribution in [2.75, 3.05) is 13.2 Å². The Morgan fingerprint density at radius 3 is 2.23 bits per heavy atom. The number of carbonyl (C=O) groups is 1.